The number of para-hydroxylation sites is 1. The molecule has 0 unspecified atom stereocenters. The first kappa shape index (κ1) is 18.9. The number of aryl methyl sites for hydroxylation is 3. The summed E-state index contributed by atoms with van der Waals surface area (Å²) in [4.78, 5) is 17.2. The summed E-state index contributed by atoms with van der Waals surface area (Å²) in [7, 11) is 0. The molecule has 0 fully saturated rings. The number of aromatic nitrogens is 3. The van der Waals surface area contributed by atoms with E-state index in [0.717, 1.165) is 45.1 Å². The number of fused-ring (bicyclic) bond motifs is 1. The monoisotopic (exact) mass is 384 g/mol. The molecule has 29 heavy (non-hydrogen) atoms. The maximum Gasteiger partial charge on any atom is 0.224 e. The van der Waals surface area contributed by atoms with Gasteiger partial charge in [0.25, 0.3) is 0 Å². The second-order valence-corrected chi connectivity index (χ2v) is 7.24. The molecule has 0 atom stereocenters. The van der Waals surface area contributed by atoms with E-state index in [1.165, 1.54) is 0 Å². The zero-order valence-electron chi connectivity index (χ0n) is 16.9. The van der Waals surface area contributed by atoms with E-state index in [4.69, 9.17) is 10.1 Å². The topological polar surface area (TPSA) is 59.3 Å². The van der Waals surface area contributed by atoms with E-state index in [1.54, 1.807) is 0 Å². The average molecular weight is 384 g/mol. The fourth-order valence-corrected chi connectivity index (χ4v) is 3.76. The van der Waals surface area contributed by atoms with Crippen LogP contribution >= 0.6 is 0 Å². The van der Waals surface area contributed by atoms with E-state index in [-0.39, 0.29) is 5.91 Å². The normalized spacial score (nSPS) is 11.0. The second-order valence-electron chi connectivity index (χ2n) is 7.24. The van der Waals surface area contributed by atoms with Gasteiger partial charge in [0.15, 0.2) is 5.65 Å². The number of carbonyl (C=O) groups excluding carboxylic acids is 1. The van der Waals surface area contributed by atoms with Gasteiger partial charge in [-0.1, -0.05) is 48.5 Å². The number of amides is 1. The van der Waals surface area contributed by atoms with Crippen molar-refractivity contribution in [3.8, 4) is 11.1 Å². The molecule has 0 bridgehead atoms. The second kappa shape index (κ2) is 7.87. The summed E-state index contributed by atoms with van der Waals surface area (Å²) >= 11 is 0. The van der Waals surface area contributed by atoms with Gasteiger partial charge in [-0.2, -0.15) is 5.10 Å². The minimum absolute atomic E-state index is 0.00304. The summed E-state index contributed by atoms with van der Waals surface area (Å²) < 4.78 is 1.91. The first-order valence-electron chi connectivity index (χ1n) is 9.80. The van der Waals surface area contributed by atoms with Gasteiger partial charge in [-0.15, -0.1) is 0 Å². The summed E-state index contributed by atoms with van der Waals surface area (Å²) in [6.45, 7) is 6.07. The number of hydrogen-bond acceptors (Lipinski definition) is 3. The third-order valence-corrected chi connectivity index (χ3v) is 5.22. The fourth-order valence-electron chi connectivity index (χ4n) is 3.76. The highest BCUT2D eigenvalue weighted by molar-refractivity contribution is 5.90. The Bertz CT molecular complexity index is 1160. The first-order chi connectivity index (χ1) is 14.0. The third-order valence-electron chi connectivity index (χ3n) is 5.22. The van der Waals surface area contributed by atoms with Crippen molar-refractivity contribution in [3.05, 3.63) is 83.3 Å². The average Bonchev–Trinajstić information content (AvgIpc) is 3.05. The molecule has 4 aromatic rings. The molecular formula is C24H24N4O. The molecule has 0 aliphatic carbocycles. The van der Waals surface area contributed by atoms with Crippen LogP contribution in [0.5, 0.6) is 0 Å². The Morgan fingerprint density at radius 2 is 1.59 bits per heavy atom. The molecule has 5 heteroatoms. The molecule has 1 amide bonds. The molecule has 0 radical (unpaired) electrons. The van der Waals surface area contributed by atoms with Crippen molar-refractivity contribution in [2.45, 2.75) is 33.6 Å². The molecule has 146 valence electrons. The molecule has 4 rings (SSSR count). The van der Waals surface area contributed by atoms with Crippen molar-refractivity contribution in [1.82, 2.24) is 14.6 Å². The Balaban J connectivity index is 1.62. The van der Waals surface area contributed by atoms with Crippen LogP contribution in [0.15, 0.2) is 60.7 Å². The van der Waals surface area contributed by atoms with Gasteiger partial charge in [0.2, 0.25) is 5.91 Å². The molecule has 2 aromatic carbocycles. The highest BCUT2D eigenvalue weighted by atomic mass is 16.1. The maximum atomic E-state index is 12.4. The quantitative estimate of drug-likeness (QED) is 0.533. The highest BCUT2D eigenvalue weighted by Crippen LogP contribution is 2.29. The van der Waals surface area contributed by atoms with Crippen molar-refractivity contribution in [1.29, 1.82) is 0 Å². The van der Waals surface area contributed by atoms with Gasteiger partial charge in [0.05, 0.1) is 5.69 Å². The van der Waals surface area contributed by atoms with Gasteiger partial charge in [0.1, 0.15) is 0 Å². The largest absolute Gasteiger partial charge is 0.326 e. The number of carbonyl (C=O) groups is 1. The highest BCUT2D eigenvalue weighted by Gasteiger charge is 2.18. The molecule has 0 saturated carbocycles. The summed E-state index contributed by atoms with van der Waals surface area (Å²) in [6.07, 6.45) is 1.02. The van der Waals surface area contributed by atoms with Gasteiger partial charge < -0.3 is 5.32 Å². The molecule has 0 aliphatic heterocycles. The third kappa shape index (κ3) is 3.76. The predicted octanol–water partition coefficient (Wildman–Crippen LogP) is 4.89. The Hall–Kier alpha value is -3.47. The number of rotatable bonds is 5. The van der Waals surface area contributed by atoms with Crippen molar-refractivity contribution >= 4 is 17.2 Å². The van der Waals surface area contributed by atoms with Gasteiger partial charge in [-0.3, -0.25) is 4.79 Å². The first-order valence-corrected chi connectivity index (χ1v) is 9.80. The zero-order chi connectivity index (χ0) is 20.4. The molecule has 2 aromatic heterocycles. The van der Waals surface area contributed by atoms with Gasteiger partial charge in [-0.25, -0.2) is 9.50 Å². The Morgan fingerprint density at radius 3 is 2.28 bits per heavy atom. The lowest BCUT2D eigenvalue weighted by Gasteiger charge is -2.12. The molecular weight excluding hydrogens is 360 g/mol. The van der Waals surface area contributed by atoms with Crippen LogP contribution in [0, 0.1) is 20.8 Å². The van der Waals surface area contributed by atoms with Crippen LogP contribution in [-0.4, -0.2) is 20.5 Å². The minimum Gasteiger partial charge on any atom is -0.326 e. The van der Waals surface area contributed by atoms with Crippen molar-refractivity contribution in [2.75, 3.05) is 5.32 Å². The molecule has 1 N–H and O–H groups in total. The van der Waals surface area contributed by atoms with Crippen molar-refractivity contribution < 1.29 is 4.79 Å². The molecule has 0 saturated heterocycles. The lowest BCUT2D eigenvalue weighted by molar-refractivity contribution is -0.116. The molecule has 0 spiro atoms. The summed E-state index contributed by atoms with van der Waals surface area (Å²) in [5, 5.41) is 7.68. The number of nitrogens with zero attached hydrogens (tertiary/aromatic N) is 3. The lowest BCUT2D eigenvalue weighted by Crippen LogP contribution is -2.14. The maximum absolute atomic E-state index is 12.4. The Morgan fingerprint density at radius 1 is 0.931 bits per heavy atom. The van der Waals surface area contributed by atoms with Gasteiger partial charge in [-0.05, 0) is 50.5 Å². The smallest absolute Gasteiger partial charge is 0.224 e. The summed E-state index contributed by atoms with van der Waals surface area (Å²) in [6, 6.07) is 19.7. The van der Waals surface area contributed by atoms with Crippen LogP contribution in [0.4, 0.5) is 5.69 Å². The van der Waals surface area contributed by atoms with E-state index < -0.39 is 0 Å². The predicted molar refractivity (Wildman–Crippen MR) is 116 cm³/mol. The van der Waals surface area contributed by atoms with Gasteiger partial charge >= 0.3 is 0 Å². The SMILES string of the molecule is Cc1nc2c(-c3ccccc3)c(C)nn2c(C)c1CCC(=O)Nc1ccccc1. The summed E-state index contributed by atoms with van der Waals surface area (Å²) in [5.41, 5.74) is 7.85. The van der Waals surface area contributed by atoms with Crippen molar-refractivity contribution in [2.24, 2.45) is 0 Å². The number of hydrogen-bond donors (Lipinski definition) is 1. The zero-order valence-corrected chi connectivity index (χ0v) is 16.9. The van der Waals surface area contributed by atoms with E-state index in [1.807, 2.05) is 73.8 Å². The van der Waals surface area contributed by atoms with Crippen LogP contribution in [0.25, 0.3) is 16.8 Å². The number of benzene rings is 2. The molecule has 2 heterocycles. The Kier molecular flexibility index (Phi) is 5.12. The minimum atomic E-state index is -0.00304. The fraction of sp³-hybridized carbons (Fsp3) is 0.208. The number of anilines is 1. The van der Waals surface area contributed by atoms with Gasteiger partial charge in [0, 0.05) is 29.1 Å². The van der Waals surface area contributed by atoms with Crippen LogP contribution in [-0.2, 0) is 11.2 Å². The summed E-state index contributed by atoms with van der Waals surface area (Å²) in [5.74, 6) is -0.00304. The number of nitrogens with one attached hydrogen (secondary N) is 1. The van der Waals surface area contributed by atoms with E-state index in [2.05, 4.69) is 17.4 Å². The lowest BCUT2D eigenvalue weighted by atomic mass is 10.0. The Labute approximate surface area is 170 Å². The molecule has 0 aliphatic rings. The van der Waals surface area contributed by atoms with Crippen LogP contribution in [0.3, 0.4) is 0 Å². The van der Waals surface area contributed by atoms with Crippen LogP contribution in [0.2, 0.25) is 0 Å². The van der Waals surface area contributed by atoms with E-state index in [9.17, 15) is 4.79 Å². The van der Waals surface area contributed by atoms with Crippen molar-refractivity contribution in [3.63, 3.8) is 0 Å². The van der Waals surface area contributed by atoms with Crippen LogP contribution in [0.1, 0.15) is 29.1 Å². The standard InChI is InChI=1S/C24H24N4O/c1-16-21(14-15-22(29)26-20-12-8-5-9-13-20)18(3)28-24(25-16)23(17(2)27-28)19-10-6-4-7-11-19/h4-13H,14-15H2,1-3H3,(H,26,29). The van der Waals surface area contributed by atoms with Crippen LogP contribution < -0.4 is 5.32 Å². The molecule has 5 nitrogen and oxygen atoms in total. The van der Waals surface area contributed by atoms with E-state index >= 15 is 0 Å². The van der Waals surface area contributed by atoms with E-state index in [0.29, 0.717) is 12.8 Å².